The molecule has 2 aromatic carbocycles. The van der Waals surface area contributed by atoms with Crippen LogP contribution in [0.5, 0.6) is 0 Å². The summed E-state index contributed by atoms with van der Waals surface area (Å²) in [5.74, 6) is -2.39. The minimum Gasteiger partial charge on any atom is -0.467 e. The summed E-state index contributed by atoms with van der Waals surface area (Å²) in [7, 11) is 1.34. The van der Waals surface area contributed by atoms with Crippen molar-refractivity contribution in [2.45, 2.75) is 70.6 Å². The lowest BCUT2D eigenvalue weighted by atomic mass is 10.0. The first-order valence-corrected chi connectivity index (χ1v) is 12.5. The van der Waals surface area contributed by atoms with E-state index in [1.807, 2.05) is 42.5 Å². The maximum absolute atomic E-state index is 11.7. The highest BCUT2D eigenvalue weighted by molar-refractivity contribution is 6.31. The molecule has 0 bridgehead atoms. The van der Waals surface area contributed by atoms with Crippen LogP contribution in [0.2, 0.25) is 10.0 Å². The summed E-state index contributed by atoms with van der Waals surface area (Å²) in [6.07, 6.45) is -1.29. The van der Waals surface area contributed by atoms with Gasteiger partial charge in [-0.1, -0.05) is 59.6 Å². The molecule has 202 valence electrons. The zero-order chi connectivity index (χ0) is 27.2. The highest BCUT2D eigenvalue weighted by atomic mass is 35.5. The highest BCUT2D eigenvalue weighted by Gasteiger charge is 2.46. The van der Waals surface area contributed by atoms with Crippen molar-refractivity contribution in [2.75, 3.05) is 13.7 Å². The quantitative estimate of drug-likeness (QED) is 0.455. The molecule has 0 aliphatic carbocycles. The average molecular weight is 555 g/mol. The number of carbonyl (C=O) groups is 2. The number of benzene rings is 2. The van der Waals surface area contributed by atoms with Gasteiger partial charge < -0.3 is 28.4 Å². The van der Waals surface area contributed by atoms with Crippen molar-refractivity contribution in [3.8, 4) is 0 Å². The van der Waals surface area contributed by atoms with Gasteiger partial charge in [0.1, 0.15) is 12.7 Å². The Bertz CT molecular complexity index is 1090. The van der Waals surface area contributed by atoms with Crippen LogP contribution in [-0.2, 0) is 51.0 Å². The fraction of sp³-hybridized carbons (Fsp3) is 0.481. The number of halogens is 2. The minimum absolute atomic E-state index is 0.138. The molecule has 1 unspecified atom stereocenters. The number of methoxy groups -OCH3 is 1. The second-order valence-corrected chi connectivity index (χ2v) is 10.2. The third kappa shape index (κ3) is 8.40. The molecular formula is C27H32Cl2O8. The molecule has 4 rings (SSSR count). The van der Waals surface area contributed by atoms with Gasteiger partial charge in [-0.2, -0.15) is 0 Å². The Morgan fingerprint density at radius 2 is 1.46 bits per heavy atom. The van der Waals surface area contributed by atoms with E-state index in [9.17, 15) is 9.59 Å². The Kier molecular flexibility index (Phi) is 9.97. The van der Waals surface area contributed by atoms with E-state index < -0.39 is 41.8 Å². The molecule has 0 N–H and O–H groups in total. The second kappa shape index (κ2) is 12.6. The summed E-state index contributed by atoms with van der Waals surface area (Å²) < 4.78 is 32.0. The highest BCUT2D eigenvalue weighted by Crippen LogP contribution is 2.32. The number of ether oxygens (including phenoxy) is 6. The van der Waals surface area contributed by atoms with Crippen LogP contribution in [0.3, 0.4) is 0 Å². The van der Waals surface area contributed by atoms with E-state index in [1.165, 1.54) is 7.11 Å². The molecule has 2 heterocycles. The van der Waals surface area contributed by atoms with Crippen molar-refractivity contribution in [1.29, 1.82) is 0 Å². The van der Waals surface area contributed by atoms with Crippen molar-refractivity contribution in [1.82, 2.24) is 0 Å². The summed E-state index contributed by atoms with van der Waals surface area (Å²) in [6.45, 7) is 7.42. The summed E-state index contributed by atoms with van der Waals surface area (Å²) in [6, 6.07) is 14.7. The van der Waals surface area contributed by atoms with Crippen LogP contribution in [0, 0.1) is 0 Å². The first kappa shape index (κ1) is 29.4. The number of hydrogen-bond donors (Lipinski definition) is 0. The lowest BCUT2D eigenvalue weighted by molar-refractivity contribution is -0.170. The summed E-state index contributed by atoms with van der Waals surface area (Å²) in [5.41, 5.74) is 1.69. The van der Waals surface area contributed by atoms with Gasteiger partial charge in [0.25, 0.3) is 0 Å². The minimum atomic E-state index is -0.801. The first-order valence-electron chi connectivity index (χ1n) is 11.8. The molecule has 0 radical (unpaired) electrons. The Labute approximate surface area is 227 Å². The normalized spacial score (nSPS) is 23.6. The second-order valence-electron chi connectivity index (χ2n) is 9.43. The van der Waals surface area contributed by atoms with Gasteiger partial charge in [0.15, 0.2) is 23.8 Å². The van der Waals surface area contributed by atoms with Gasteiger partial charge in [-0.15, -0.1) is 0 Å². The summed E-state index contributed by atoms with van der Waals surface area (Å²) >= 11 is 12.1. The van der Waals surface area contributed by atoms with Crippen LogP contribution in [0.15, 0.2) is 48.5 Å². The van der Waals surface area contributed by atoms with E-state index in [0.717, 1.165) is 11.1 Å². The van der Waals surface area contributed by atoms with E-state index >= 15 is 0 Å². The monoisotopic (exact) mass is 554 g/mol. The van der Waals surface area contributed by atoms with Crippen LogP contribution in [0.1, 0.15) is 38.8 Å². The van der Waals surface area contributed by atoms with Crippen LogP contribution in [-0.4, -0.2) is 55.5 Å². The molecule has 3 atom stereocenters. The third-order valence-electron chi connectivity index (χ3n) is 5.60. The number of hydrogen-bond acceptors (Lipinski definition) is 8. The lowest BCUT2D eigenvalue weighted by Crippen LogP contribution is -2.34. The van der Waals surface area contributed by atoms with Gasteiger partial charge in [0.2, 0.25) is 0 Å². The Balaban J connectivity index is 0.000000206. The molecule has 0 spiro atoms. The maximum atomic E-state index is 11.7. The maximum Gasteiger partial charge on any atom is 0.338 e. The molecular weight excluding hydrogens is 523 g/mol. The molecule has 0 aromatic heterocycles. The first-order chi connectivity index (χ1) is 17.4. The zero-order valence-corrected chi connectivity index (χ0v) is 23.0. The predicted molar refractivity (Wildman–Crippen MR) is 137 cm³/mol. The molecule has 2 aromatic rings. The van der Waals surface area contributed by atoms with Gasteiger partial charge in [0.05, 0.1) is 13.7 Å². The topological polar surface area (TPSA) is 89.5 Å². The Morgan fingerprint density at radius 1 is 0.865 bits per heavy atom. The van der Waals surface area contributed by atoms with Crippen molar-refractivity contribution in [3.05, 3.63) is 69.7 Å². The Morgan fingerprint density at radius 3 is 2.00 bits per heavy atom. The van der Waals surface area contributed by atoms with Gasteiger partial charge >= 0.3 is 11.9 Å². The van der Waals surface area contributed by atoms with E-state index in [-0.39, 0.29) is 13.2 Å². The third-order valence-corrected chi connectivity index (χ3v) is 6.33. The van der Waals surface area contributed by atoms with Crippen molar-refractivity contribution < 1.29 is 38.0 Å². The van der Waals surface area contributed by atoms with E-state index in [1.54, 1.807) is 33.8 Å². The number of carbonyl (C=O) groups excluding carboxylic acids is 2. The van der Waals surface area contributed by atoms with Crippen LogP contribution >= 0.6 is 23.2 Å². The van der Waals surface area contributed by atoms with Gasteiger partial charge in [0, 0.05) is 22.0 Å². The molecule has 10 heteroatoms. The van der Waals surface area contributed by atoms with Crippen molar-refractivity contribution in [2.24, 2.45) is 0 Å². The van der Waals surface area contributed by atoms with Crippen LogP contribution in [0.4, 0.5) is 0 Å². The number of esters is 2. The van der Waals surface area contributed by atoms with E-state index in [4.69, 9.17) is 51.6 Å². The largest absolute Gasteiger partial charge is 0.467 e. The average Bonchev–Trinajstić information content (AvgIpc) is 3.37. The van der Waals surface area contributed by atoms with Gasteiger partial charge in [-0.05, 0) is 45.4 Å². The molecule has 2 aliphatic heterocycles. The molecule has 2 aliphatic rings. The molecule has 0 saturated carbocycles. The standard InChI is InChI=1S/C14H17ClO4.C13H15ClO4/c1-14(2)18-11(12(19-14)13(16)17-3)8-9-6-4-5-7-10(9)15;1-13(2)17-8-11(18-13)12(15)16-7-9-5-3-4-6-10(9)14/h4-7,11-12H,8H2,1-3H3;3-6,11H,7-8H2,1-2H3/t11-,12+;/m0./s1. The smallest absolute Gasteiger partial charge is 0.338 e. The molecule has 2 saturated heterocycles. The summed E-state index contributed by atoms with van der Waals surface area (Å²) in [4.78, 5) is 23.5. The van der Waals surface area contributed by atoms with Crippen LogP contribution < -0.4 is 0 Å². The van der Waals surface area contributed by atoms with Crippen LogP contribution in [0.25, 0.3) is 0 Å². The van der Waals surface area contributed by atoms with E-state index in [0.29, 0.717) is 16.5 Å². The zero-order valence-electron chi connectivity index (χ0n) is 21.5. The number of rotatable bonds is 6. The summed E-state index contributed by atoms with van der Waals surface area (Å²) in [5, 5.41) is 1.23. The fourth-order valence-corrected chi connectivity index (χ4v) is 4.24. The van der Waals surface area contributed by atoms with Gasteiger partial charge in [-0.25, -0.2) is 9.59 Å². The van der Waals surface area contributed by atoms with Gasteiger partial charge in [-0.3, -0.25) is 0 Å². The van der Waals surface area contributed by atoms with Crippen molar-refractivity contribution in [3.63, 3.8) is 0 Å². The van der Waals surface area contributed by atoms with E-state index in [2.05, 4.69) is 0 Å². The SMILES string of the molecule is CC1(C)OCC(C(=O)OCc2ccccc2Cl)O1.COC(=O)[C@@H]1OC(C)(C)O[C@H]1Cc1ccccc1Cl. The molecule has 2 fully saturated rings. The fourth-order valence-electron chi connectivity index (χ4n) is 3.84. The lowest BCUT2D eigenvalue weighted by Gasteiger charge is -2.17. The molecule has 0 amide bonds. The molecule has 8 nitrogen and oxygen atoms in total. The predicted octanol–water partition coefficient (Wildman–Crippen LogP) is 5.11. The van der Waals surface area contributed by atoms with Crippen molar-refractivity contribution >= 4 is 35.1 Å². The molecule has 37 heavy (non-hydrogen) atoms. The Hall–Kier alpha value is -2.20.